The molecule has 0 saturated heterocycles. The van der Waals surface area contributed by atoms with Crippen molar-refractivity contribution < 1.29 is 13.9 Å². The Kier molecular flexibility index (Phi) is 4.48. The van der Waals surface area contributed by atoms with Crippen LogP contribution in [-0.2, 0) is 0 Å². The minimum Gasteiger partial charge on any atom is -0.496 e. The summed E-state index contributed by atoms with van der Waals surface area (Å²) in [5.74, 6) is 0.173. The Labute approximate surface area is 143 Å². The SMILES string of the molecule is COc1ccccc1-c1nnc(C(=O)Nc2ccc(Cl)cc2C)o1. The largest absolute Gasteiger partial charge is 0.496 e. The summed E-state index contributed by atoms with van der Waals surface area (Å²) in [4.78, 5) is 12.3. The number of methoxy groups -OCH3 is 1. The second-order valence-corrected chi connectivity index (χ2v) is 5.46. The number of nitrogens with zero attached hydrogens (tertiary/aromatic N) is 2. The van der Waals surface area contributed by atoms with E-state index in [1.807, 2.05) is 19.1 Å². The van der Waals surface area contributed by atoms with Crippen LogP contribution in [-0.4, -0.2) is 23.2 Å². The molecule has 2 aromatic carbocycles. The van der Waals surface area contributed by atoms with Gasteiger partial charge in [0, 0.05) is 10.7 Å². The number of benzene rings is 2. The third-order valence-corrected chi connectivity index (χ3v) is 3.63. The van der Waals surface area contributed by atoms with Crippen molar-refractivity contribution in [3.05, 3.63) is 58.9 Å². The summed E-state index contributed by atoms with van der Waals surface area (Å²) in [6, 6.07) is 12.4. The number of halogens is 1. The number of hydrogen-bond donors (Lipinski definition) is 1. The van der Waals surface area contributed by atoms with E-state index in [0.717, 1.165) is 5.56 Å². The fraction of sp³-hybridized carbons (Fsp3) is 0.118. The summed E-state index contributed by atoms with van der Waals surface area (Å²) >= 11 is 5.90. The maximum atomic E-state index is 12.3. The van der Waals surface area contributed by atoms with Crippen LogP contribution in [0.4, 0.5) is 5.69 Å². The van der Waals surface area contributed by atoms with Gasteiger partial charge in [0.05, 0.1) is 12.7 Å². The quantitative estimate of drug-likeness (QED) is 0.775. The molecule has 6 nitrogen and oxygen atoms in total. The average molecular weight is 344 g/mol. The lowest BCUT2D eigenvalue weighted by molar-refractivity contribution is 0.0990. The Hall–Kier alpha value is -2.86. The molecule has 0 fully saturated rings. The molecule has 0 saturated carbocycles. The molecule has 7 heteroatoms. The number of nitrogens with one attached hydrogen (secondary N) is 1. The molecule has 0 bridgehead atoms. The second kappa shape index (κ2) is 6.72. The highest BCUT2D eigenvalue weighted by molar-refractivity contribution is 6.30. The van der Waals surface area contributed by atoms with Crippen LogP contribution in [0, 0.1) is 6.92 Å². The monoisotopic (exact) mass is 343 g/mol. The maximum Gasteiger partial charge on any atom is 0.313 e. The van der Waals surface area contributed by atoms with Gasteiger partial charge in [0.25, 0.3) is 5.89 Å². The summed E-state index contributed by atoms with van der Waals surface area (Å²) in [6.07, 6.45) is 0. The smallest absolute Gasteiger partial charge is 0.313 e. The van der Waals surface area contributed by atoms with E-state index in [1.54, 1.807) is 37.4 Å². The van der Waals surface area contributed by atoms with Crippen molar-refractivity contribution in [2.24, 2.45) is 0 Å². The van der Waals surface area contributed by atoms with Gasteiger partial charge in [-0.2, -0.15) is 0 Å². The number of amides is 1. The first-order chi connectivity index (χ1) is 11.6. The Morgan fingerprint density at radius 3 is 2.75 bits per heavy atom. The van der Waals surface area contributed by atoms with E-state index < -0.39 is 5.91 Å². The van der Waals surface area contributed by atoms with Gasteiger partial charge in [-0.1, -0.05) is 23.7 Å². The number of rotatable bonds is 4. The van der Waals surface area contributed by atoms with E-state index in [9.17, 15) is 4.79 Å². The van der Waals surface area contributed by atoms with Gasteiger partial charge < -0.3 is 14.5 Å². The number of ether oxygens (including phenoxy) is 1. The molecule has 122 valence electrons. The van der Waals surface area contributed by atoms with Crippen molar-refractivity contribution in [2.75, 3.05) is 12.4 Å². The lowest BCUT2D eigenvalue weighted by Gasteiger charge is -2.06. The number of hydrogen-bond acceptors (Lipinski definition) is 5. The van der Waals surface area contributed by atoms with Crippen LogP contribution in [0.25, 0.3) is 11.5 Å². The fourth-order valence-corrected chi connectivity index (χ4v) is 2.41. The predicted octanol–water partition coefficient (Wildman–Crippen LogP) is 3.96. The maximum absolute atomic E-state index is 12.3. The molecule has 0 spiro atoms. The van der Waals surface area contributed by atoms with Crippen molar-refractivity contribution in [3.63, 3.8) is 0 Å². The van der Waals surface area contributed by atoms with Crippen LogP contribution in [0.3, 0.4) is 0 Å². The molecule has 0 aliphatic heterocycles. The van der Waals surface area contributed by atoms with Crippen LogP contribution in [0.15, 0.2) is 46.9 Å². The summed E-state index contributed by atoms with van der Waals surface area (Å²) in [6.45, 7) is 1.84. The van der Waals surface area contributed by atoms with Gasteiger partial charge >= 0.3 is 11.8 Å². The van der Waals surface area contributed by atoms with Gasteiger partial charge in [0.2, 0.25) is 0 Å². The van der Waals surface area contributed by atoms with Crippen LogP contribution < -0.4 is 10.1 Å². The molecular weight excluding hydrogens is 330 g/mol. The molecule has 0 aliphatic carbocycles. The number of carbonyl (C=O) groups is 1. The molecular formula is C17H14ClN3O3. The molecule has 1 aromatic heterocycles. The Balaban J connectivity index is 1.83. The van der Waals surface area contributed by atoms with Gasteiger partial charge in [0.15, 0.2) is 0 Å². The van der Waals surface area contributed by atoms with E-state index in [1.165, 1.54) is 0 Å². The van der Waals surface area contributed by atoms with Crippen LogP contribution in [0.5, 0.6) is 5.75 Å². The van der Waals surface area contributed by atoms with Crippen molar-refractivity contribution in [3.8, 4) is 17.2 Å². The van der Waals surface area contributed by atoms with E-state index in [0.29, 0.717) is 22.0 Å². The minimum absolute atomic E-state index is 0.134. The summed E-state index contributed by atoms with van der Waals surface area (Å²) in [7, 11) is 1.55. The van der Waals surface area contributed by atoms with Crippen molar-refractivity contribution >= 4 is 23.2 Å². The molecule has 1 heterocycles. The first-order valence-electron chi connectivity index (χ1n) is 7.13. The predicted molar refractivity (Wildman–Crippen MR) is 90.4 cm³/mol. The number of anilines is 1. The number of aromatic nitrogens is 2. The van der Waals surface area contributed by atoms with Crippen LogP contribution in [0.2, 0.25) is 5.02 Å². The van der Waals surface area contributed by atoms with E-state index >= 15 is 0 Å². The standard InChI is InChI=1S/C17H14ClN3O3/c1-10-9-11(18)7-8-13(10)19-15(22)17-21-20-16(24-17)12-5-3-4-6-14(12)23-2/h3-9H,1-2H3,(H,19,22). The molecule has 1 N–H and O–H groups in total. The lowest BCUT2D eigenvalue weighted by Crippen LogP contribution is -2.13. The first-order valence-corrected chi connectivity index (χ1v) is 7.50. The van der Waals surface area contributed by atoms with Gasteiger partial charge in [-0.05, 0) is 42.8 Å². The summed E-state index contributed by atoms with van der Waals surface area (Å²) < 4.78 is 10.7. The Morgan fingerprint density at radius 1 is 1.21 bits per heavy atom. The third-order valence-electron chi connectivity index (χ3n) is 3.39. The minimum atomic E-state index is -0.492. The van der Waals surface area contributed by atoms with E-state index in [2.05, 4.69) is 15.5 Å². The fourth-order valence-electron chi connectivity index (χ4n) is 2.19. The summed E-state index contributed by atoms with van der Waals surface area (Å²) in [5.41, 5.74) is 2.08. The molecule has 3 aromatic rings. The van der Waals surface area contributed by atoms with Gasteiger partial charge in [0.1, 0.15) is 5.75 Å². The third kappa shape index (κ3) is 3.23. The second-order valence-electron chi connectivity index (χ2n) is 5.03. The average Bonchev–Trinajstić information content (AvgIpc) is 3.07. The van der Waals surface area contributed by atoms with Gasteiger partial charge in [-0.25, -0.2) is 0 Å². The zero-order chi connectivity index (χ0) is 17.1. The number of aryl methyl sites for hydroxylation is 1. The van der Waals surface area contributed by atoms with Crippen molar-refractivity contribution in [1.82, 2.24) is 10.2 Å². The Bertz CT molecular complexity index is 892. The highest BCUT2D eigenvalue weighted by Gasteiger charge is 2.18. The van der Waals surface area contributed by atoms with Crippen LogP contribution in [0.1, 0.15) is 16.2 Å². The molecule has 24 heavy (non-hydrogen) atoms. The number of carbonyl (C=O) groups excluding carboxylic acids is 1. The van der Waals surface area contributed by atoms with Crippen molar-refractivity contribution in [2.45, 2.75) is 6.92 Å². The van der Waals surface area contributed by atoms with Crippen LogP contribution >= 0.6 is 11.6 Å². The van der Waals surface area contributed by atoms with Gasteiger partial charge in [-0.15, -0.1) is 10.2 Å². The molecule has 0 radical (unpaired) electrons. The number of para-hydroxylation sites is 1. The van der Waals surface area contributed by atoms with Gasteiger partial charge in [-0.3, -0.25) is 4.79 Å². The highest BCUT2D eigenvalue weighted by atomic mass is 35.5. The zero-order valence-corrected chi connectivity index (χ0v) is 13.8. The van der Waals surface area contributed by atoms with E-state index in [4.69, 9.17) is 20.8 Å². The molecule has 0 unspecified atom stereocenters. The van der Waals surface area contributed by atoms with Crippen molar-refractivity contribution in [1.29, 1.82) is 0 Å². The zero-order valence-electron chi connectivity index (χ0n) is 13.0. The normalized spacial score (nSPS) is 10.5. The topological polar surface area (TPSA) is 77.2 Å². The lowest BCUT2D eigenvalue weighted by atomic mass is 10.2. The molecule has 0 atom stereocenters. The highest BCUT2D eigenvalue weighted by Crippen LogP contribution is 2.28. The molecule has 3 rings (SSSR count). The summed E-state index contributed by atoms with van der Waals surface area (Å²) in [5, 5.41) is 11.0. The molecule has 0 aliphatic rings. The Morgan fingerprint density at radius 2 is 2.00 bits per heavy atom. The van der Waals surface area contributed by atoms with E-state index in [-0.39, 0.29) is 11.8 Å². The first kappa shape index (κ1) is 16.0. The molecule has 1 amide bonds.